The van der Waals surface area contributed by atoms with Crippen LogP contribution in [0.4, 0.5) is 0 Å². The lowest BCUT2D eigenvalue weighted by molar-refractivity contribution is 0.0736. The summed E-state index contributed by atoms with van der Waals surface area (Å²) in [5.74, 6) is 0. The fourth-order valence-electron chi connectivity index (χ4n) is 3.79. The van der Waals surface area contributed by atoms with Crippen LogP contribution >= 0.6 is 0 Å². The number of nitrogens with zero attached hydrogens (tertiary/aromatic N) is 4. The predicted molar refractivity (Wildman–Crippen MR) is 85.0 cm³/mol. The van der Waals surface area contributed by atoms with Crippen LogP contribution in [0.15, 0.2) is 17.6 Å². The summed E-state index contributed by atoms with van der Waals surface area (Å²) in [5, 5.41) is 0.150. The van der Waals surface area contributed by atoms with E-state index in [4.69, 9.17) is 0 Å². The molecule has 6 nitrogen and oxygen atoms in total. The lowest BCUT2D eigenvalue weighted by Gasteiger charge is -2.43. The highest BCUT2D eigenvalue weighted by Crippen LogP contribution is 2.27. The molecule has 1 aromatic heterocycles. The third kappa shape index (κ3) is 2.94. The number of likely N-dealkylation sites (tertiary alicyclic amines) is 1. The van der Waals surface area contributed by atoms with Gasteiger partial charge in [-0.15, -0.1) is 0 Å². The highest BCUT2D eigenvalue weighted by molar-refractivity contribution is 7.89. The second-order valence-electron chi connectivity index (χ2n) is 6.54. The van der Waals surface area contributed by atoms with E-state index in [2.05, 4.69) is 16.8 Å². The Bertz CT molecular complexity index is 605. The van der Waals surface area contributed by atoms with Crippen LogP contribution in [0.5, 0.6) is 0 Å². The van der Waals surface area contributed by atoms with Crippen LogP contribution in [0, 0.1) is 0 Å². The standard InChI is InChI=1S/C15H26N4O2S/c1-13-5-3-4-9-19(13)14-6-10-18(11-7-14)22(20,21)15-16-8-12-17(15)2/h8,12-14H,3-7,9-11H2,1-2H3. The Morgan fingerprint density at radius 3 is 2.45 bits per heavy atom. The molecule has 2 aliphatic heterocycles. The quantitative estimate of drug-likeness (QED) is 0.843. The highest BCUT2D eigenvalue weighted by Gasteiger charge is 2.35. The maximum Gasteiger partial charge on any atom is 0.277 e. The second-order valence-corrected chi connectivity index (χ2v) is 8.37. The maximum absolute atomic E-state index is 12.6. The maximum atomic E-state index is 12.6. The first kappa shape index (κ1) is 16.0. The van der Waals surface area contributed by atoms with E-state index >= 15 is 0 Å². The van der Waals surface area contributed by atoms with Gasteiger partial charge in [-0.3, -0.25) is 4.90 Å². The molecule has 0 aromatic carbocycles. The molecule has 0 spiro atoms. The van der Waals surface area contributed by atoms with Crippen molar-refractivity contribution in [2.45, 2.75) is 56.3 Å². The number of hydrogen-bond donors (Lipinski definition) is 0. The molecule has 3 heterocycles. The van der Waals surface area contributed by atoms with Crippen LogP contribution in [0.3, 0.4) is 0 Å². The summed E-state index contributed by atoms with van der Waals surface area (Å²) >= 11 is 0. The van der Waals surface area contributed by atoms with Gasteiger partial charge >= 0.3 is 0 Å². The first-order valence-electron chi connectivity index (χ1n) is 8.23. The average Bonchev–Trinajstić information content (AvgIpc) is 2.95. The SMILES string of the molecule is CC1CCCCN1C1CCN(S(=O)(=O)c2nccn2C)CC1. The van der Waals surface area contributed by atoms with Gasteiger partial charge in [-0.2, -0.15) is 4.31 Å². The second kappa shape index (κ2) is 6.29. The lowest BCUT2D eigenvalue weighted by atomic mass is 9.96. The van der Waals surface area contributed by atoms with Gasteiger partial charge in [-0.25, -0.2) is 13.4 Å². The molecule has 0 radical (unpaired) electrons. The van der Waals surface area contributed by atoms with Crippen molar-refractivity contribution in [3.63, 3.8) is 0 Å². The van der Waals surface area contributed by atoms with Gasteiger partial charge in [0.25, 0.3) is 10.0 Å². The zero-order valence-corrected chi connectivity index (χ0v) is 14.3. The normalized spacial score (nSPS) is 26.4. The van der Waals surface area contributed by atoms with E-state index in [0.717, 1.165) is 19.4 Å². The van der Waals surface area contributed by atoms with E-state index in [1.165, 1.54) is 25.5 Å². The summed E-state index contributed by atoms with van der Waals surface area (Å²) in [4.78, 5) is 6.60. The van der Waals surface area contributed by atoms with Crippen molar-refractivity contribution in [1.29, 1.82) is 0 Å². The molecule has 0 aliphatic carbocycles. The van der Waals surface area contributed by atoms with Crippen LogP contribution in [0.25, 0.3) is 0 Å². The molecule has 3 rings (SSSR count). The summed E-state index contributed by atoms with van der Waals surface area (Å²) in [6, 6.07) is 1.17. The van der Waals surface area contributed by atoms with Gasteiger partial charge in [0.05, 0.1) is 0 Å². The minimum atomic E-state index is -3.45. The largest absolute Gasteiger partial charge is 0.324 e. The van der Waals surface area contributed by atoms with Crippen LogP contribution < -0.4 is 0 Å². The Kier molecular flexibility index (Phi) is 4.56. The third-order valence-corrected chi connectivity index (χ3v) is 6.99. The van der Waals surface area contributed by atoms with Crippen LogP contribution in [0.2, 0.25) is 0 Å². The number of rotatable bonds is 3. The molecule has 22 heavy (non-hydrogen) atoms. The molecule has 2 fully saturated rings. The molecule has 1 unspecified atom stereocenters. The van der Waals surface area contributed by atoms with Crippen molar-refractivity contribution in [3.8, 4) is 0 Å². The zero-order chi connectivity index (χ0) is 15.7. The monoisotopic (exact) mass is 326 g/mol. The molecule has 1 aromatic rings. The molecule has 1 atom stereocenters. The minimum Gasteiger partial charge on any atom is -0.324 e. The highest BCUT2D eigenvalue weighted by atomic mass is 32.2. The predicted octanol–water partition coefficient (Wildman–Crippen LogP) is 1.45. The number of imidazole rings is 1. The molecule has 2 aliphatic rings. The summed E-state index contributed by atoms with van der Waals surface area (Å²) < 4.78 is 28.5. The van der Waals surface area contributed by atoms with Crippen molar-refractivity contribution in [2.75, 3.05) is 19.6 Å². The lowest BCUT2D eigenvalue weighted by Crippen LogP contribution is -2.51. The number of sulfonamides is 1. The minimum absolute atomic E-state index is 0.150. The van der Waals surface area contributed by atoms with Gasteiger partial charge in [0.1, 0.15) is 0 Å². The zero-order valence-electron chi connectivity index (χ0n) is 13.5. The summed E-state index contributed by atoms with van der Waals surface area (Å²) in [6.07, 6.45) is 8.93. The van der Waals surface area contributed by atoms with Crippen molar-refractivity contribution in [2.24, 2.45) is 7.05 Å². The van der Waals surface area contributed by atoms with Crippen molar-refractivity contribution in [1.82, 2.24) is 18.8 Å². The van der Waals surface area contributed by atoms with Gasteiger partial charge in [0.15, 0.2) is 0 Å². The van der Waals surface area contributed by atoms with Crippen LogP contribution in [-0.4, -0.2) is 58.9 Å². The number of aromatic nitrogens is 2. The van der Waals surface area contributed by atoms with E-state index < -0.39 is 10.0 Å². The van der Waals surface area contributed by atoms with E-state index in [1.807, 2.05) is 0 Å². The summed E-state index contributed by atoms with van der Waals surface area (Å²) in [5.41, 5.74) is 0. The average molecular weight is 326 g/mol. The van der Waals surface area contributed by atoms with Gasteiger partial charge in [-0.1, -0.05) is 6.42 Å². The fraction of sp³-hybridized carbons (Fsp3) is 0.800. The third-order valence-electron chi connectivity index (χ3n) is 5.09. The molecule has 7 heteroatoms. The molecule has 124 valence electrons. The molecular formula is C15H26N4O2S. The molecular weight excluding hydrogens is 300 g/mol. The Hall–Kier alpha value is -0.920. The van der Waals surface area contributed by atoms with E-state index in [9.17, 15) is 8.42 Å². The van der Waals surface area contributed by atoms with Crippen molar-refractivity contribution >= 4 is 10.0 Å². The molecule has 2 saturated heterocycles. The van der Waals surface area contributed by atoms with Gasteiger partial charge < -0.3 is 4.57 Å². The van der Waals surface area contributed by atoms with Gasteiger partial charge in [0, 0.05) is 44.6 Å². The van der Waals surface area contributed by atoms with Gasteiger partial charge in [0.2, 0.25) is 5.16 Å². The molecule has 0 bridgehead atoms. The summed E-state index contributed by atoms with van der Waals surface area (Å²) in [7, 11) is -1.73. The topological polar surface area (TPSA) is 58.4 Å². The van der Waals surface area contributed by atoms with Gasteiger partial charge in [-0.05, 0) is 39.2 Å². The summed E-state index contributed by atoms with van der Waals surface area (Å²) in [6.45, 7) is 4.67. The molecule has 0 N–H and O–H groups in total. The number of aryl methyl sites for hydroxylation is 1. The van der Waals surface area contributed by atoms with E-state index in [1.54, 1.807) is 22.1 Å². The Morgan fingerprint density at radius 2 is 1.86 bits per heavy atom. The fourth-order valence-corrected chi connectivity index (χ4v) is 5.33. The number of hydrogen-bond acceptors (Lipinski definition) is 4. The Morgan fingerprint density at radius 1 is 1.14 bits per heavy atom. The van der Waals surface area contributed by atoms with E-state index in [0.29, 0.717) is 25.2 Å². The molecule has 0 amide bonds. The first-order valence-corrected chi connectivity index (χ1v) is 9.67. The van der Waals surface area contributed by atoms with Crippen molar-refractivity contribution < 1.29 is 8.42 Å². The van der Waals surface area contributed by atoms with Crippen LogP contribution in [0.1, 0.15) is 39.0 Å². The number of piperidine rings is 2. The van der Waals surface area contributed by atoms with Crippen LogP contribution in [-0.2, 0) is 17.1 Å². The molecule has 0 saturated carbocycles. The first-order chi connectivity index (χ1) is 10.5. The Balaban J connectivity index is 1.65. The smallest absolute Gasteiger partial charge is 0.277 e. The van der Waals surface area contributed by atoms with E-state index in [-0.39, 0.29) is 5.16 Å². The van der Waals surface area contributed by atoms with Crippen molar-refractivity contribution in [3.05, 3.63) is 12.4 Å². The Labute approximate surface area is 133 Å².